The monoisotopic (exact) mass is 497 g/mol. The Hall–Kier alpha value is -3.15. The van der Waals surface area contributed by atoms with Crippen LogP contribution in [0.1, 0.15) is 75.8 Å². The first-order chi connectivity index (χ1) is 16.9. The smallest absolute Gasteiger partial charge is 0.198 e. The van der Waals surface area contributed by atoms with Gasteiger partial charge >= 0.3 is 0 Å². The van der Waals surface area contributed by atoms with Gasteiger partial charge in [-0.15, -0.1) is 0 Å². The summed E-state index contributed by atoms with van der Waals surface area (Å²) in [6.45, 7) is 2.80. The minimum Gasteiger partial charge on any atom is -0.507 e. The molecule has 10 heteroatoms. The van der Waals surface area contributed by atoms with Crippen LogP contribution in [0.4, 0.5) is 0 Å². The van der Waals surface area contributed by atoms with Crippen molar-refractivity contribution in [3.63, 3.8) is 0 Å². The van der Waals surface area contributed by atoms with Crippen LogP contribution in [0, 0.1) is 0 Å². The SMILES string of the molecule is CC(=O)[C@]1(O)Cc2c(O)c3c(c(O)c2[C@H](O[C@@H]2C[C@H](N)[C@@H](O)[C@H](C)O2)C1)C(=O)c1ccccc1C3=O. The summed E-state index contributed by atoms with van der Waals surface area (Å²) < 4.78 is 11.8. The Morgan fingerprint density at radius 3 is 2.25 bits per heavy atom. The molecule has 1 heterocycles. The van der Waals surface area contributed by atoms with Crippen LogP contribution in [0.5, 0.6) is 11.5 Å². The number of aliphatic hydroxyl groups is 2. The predicted molar refractivity (Wildman–Crippen MR) is 124 cm³/mol. The van der Waals surface area contributed by atoms with E-state index in [9.17, 15) is 34.8 Å². The molecule has 0 saturated carbocycles. The number of aliphatic hydroxyl groups excluding tert-OH is 1. The van der Waals surface area contributed by atoms with E-state index in [4.69, 9.17) is 15.2 Å². The molecule has 0 radical (unpaired) electrons. The second-order valence-electron chi connectivity index (χ2n) is 9.80. The first-order valence-corrected chi connectivity index (χ1v) is 11.7. The lowest BCUT2D eigenvalue weighted by Crippen LogP contribution is -2.52. The Morgan fingerprint density at radius 2 is 1.69 bits per heavy atom. The number of Topliss-reactive ketones (excluding diaryl/α,β-unsaturated/α-hetero) is 1. The summed E-state index contributed by atoms with van der Waals surface area (Å²) in [5, 5.41) is 43.8. The summed E-state index contributed by atoms with van der Waals surface area (Å²) in [5.74, 6) is -3.06. The van der Waals surface area contributed by atoms with E-state index in [1.165, 1.54) is 19.1 Å². The van der Waals surface area contributed by atoms with Crippen LogP contribution in [0.15, 0.2) is 24.3 Å². The minimum atomic E-state index is -1.97. The summed E-state index contributed by atoms with van der Waals surface area (Å²) in [5.41, 5.74) is 3.38. The summed E-state index contributed by atoms with van der Waals surface area (Å²) in [6, 6.07) is 5.40. The van der Waals surface area contributed by atoms with E-state index < -0.39 is 71.5 Å². The number of benzene rings is 2. The highest BCUT2D eigenvalue weighted by Crippen LogP contribution is 2.51. The van der Waals surface area contributed by atoms with Gasteiger partial charge in [-0.25, -0.2) is 0 Å². The van der Waals surface area contributed by atoms with Gasteiger partial charge in [0.15, 0.2) is 23.6 Å². The van der Waals surface area contributed by atoms with Crippen molar-refractivity contribution in [2.24, 2.45) is 5.73 Å². The summed E-state index contributed by atoms with van der Waals surface area (Å²) in [7, 11) is 0. The van der Waals surface area contributed by atoms with Crippen LogP contribution >= 0.6 is 0 Å². The second kappa shape index (κ2) is 8.46. The lowest BCUT2D eigenvalue weighted by molar-refractivity contribution is -0.247. The zero-order valence-corrected chi connectivity index (χ0v) is 19.7. The third-order valence-corrected chi connectivity index (χ3v) is 7.50. The van der Waals surface area contributed by atoms with E-state index in [1.807, 2.05) is 0 Å². The zero-order chi connectivity index (χ0) is 26.1. The molecule has 6 N–H and O–H groups in total. The lowest BCUT2D eigenvalue weighted by atomic mass is 9.72. The molecule has 3 aliphatic rings. The first-order valence-electron chi connectivity index (χ1n) is 11.7. The quantitative estimate of drug-likeness (QED) is 0.328. The molecule has 190 valence electrons. The third kappa shape index (κ3) is 3.56. The number of fused-ring (bicyclic) bond motifs is 3. The van der Waals surface area contributed by atoms with Crippen molar-refractivity contribution in [2.45, 2.75) is 69.4 Å². The van der Waals surface area contributed by atoms with Crippen molar-refractivity contribution >= 4 is 17.3 Å². The van der Waals surface area contributed by atoms with Gasteiger partial charge in [0.25, 0.3) is 0 Å². The topological polar surface area (TPSA) is 177 Å². The summed E-state index contributed by atoms with van der Waals surface area (Å²) in [6.07, 6.45) is -4.38. The molecule has 2 aromatic carbocycles. The van der Waals surface area contributed by atoms with Gasteiger partial charge in [0.2, 0.25) is 0 Å². The van der Waals surface area contributed by atoms with Crippen LogP contribution in [0.25, 0.3) is 0 Å². The molecule has 0 unspecified atom stereocenters. The molecule has 1 aliphatic heterocycles. The molecule has 2 aliphatic carbocycles. The first kappa shape index (κ1) is 24.5. The standard InChI is InChI=1S/C26H27NO9/c1-10-21(29)15(27)7-17(35-10)36-16-9-26(34,11(2)28)8-14-18(16)25(33)20-19(24(14)32)22(30)12-5-3-4-6-13(12)23(20)31/h3-6,10,15-17,21,29,32-34H,7-9,27H2,1-2H3/t10-,15-,16+,17+,21-,26-/m0/s1. The van der Waals surface area contributed by atoms with Gasteiger partial charge in [0, 0.05) is 47.6 Å². The number of rotatable bonds is 3. The van der Waals surface area contributed by atoms with Crippen LogP contribution in [-0.4, -0.2) is 67.9 Å². The van der Waals surface area contributed by atoms with E-state index in [2.05, 4.69) is 0 Å². The molecule has 0 bridgehead atoms. The molecule has 1 fully saturated rings. The van der Waals surface area contributed by atoms with Crippen molar-refractivity contribution < 1.29 is 44.3 Å². The fourth-order valence-electron chi connectivity index (χ4n) is 5.42. The number of hydrogen-bond acceptors (Lipinski definition) is 10. The predicted octanol–water partition coefficient (Wildman–Crippen LogP) is 1.02. The molecule has 10 nitrogen and oxygen atoms in total. The van der Waals surface area contributed by atoms with Gasteiger partial charge < -0.3 is 35.6 Å². The number of ketones is 3. The molecule has 5 rings (SSSR count). The molecule has 0 spiro atoms. The zero-order valence-electron chi connectivity index (χ0n) is 19.7. The Labute approximate surface area is 206 Å². The number of aromatic hydroxyl groups is 2. The maximum Gasteiger partial charge on any atom is 0.198 e. The van der Waals surface area contributed by atoms with Gasteiger partial charge in [-0.05, 0) is 13.8 Å². The number of carbonyl (C=O) groups excluding carboxylic acids is 3. The van der Waals surface area contributed by atoms with Crippen molar-refractivity contribution in [3.8, 4) is 11.5 Å². The molecule has 1 saturated heterocycles. The molecular weight excluding hydrogens is 470 g/mol. The van der Waals surface area contributed by atoms with Gasteiger partial charge in [-0.1, -0.05) is 24.3 Å². The fourth-order valence-corrected chi connectivity index (χ4v) is 5.42. The molecule has 2 aromatic rings. The Morgan fingerprint density at radius 1 is 1.11 bits per heavy atom. The van der Waals surface area contributed by atoms with E-state index in [0.29, 0.717) is 0 Å². The van der Waals surface area contributed by atoms with Gasteiger partial charge in [0.05, 0.1) is 29.4 Å². The highest BCUT2D eigenvalue weighted by molar-refractivity contribution is 6.30. The molecule has 36 heavy (non-hydrogen) atoms. The van der Waals surface area contributed by atoms with Crippen LogP contribution in [0.2, 0.25) is 0 Å². The number of phenolic OH excluding ortho intramolecular Hbond substituents is 2. The molecular formula is C26H27NO9. The van der Waals surface area contributed by atoms with Gasteiger partial charge in [-0.2, -0.15) is 0 Å². The van der Waals surface area contributed by atoms with Gasteiger partial charge in [0.1, 0.15) is 17.1 Å². The van der Waals surface area contributed by atoms with E-state index >= 15 is 0 Å². The maximum absolute atomic E-state index is 13.3. The molecule has 6 atom stereocenters. The third-order valence-electron chi connectivity index (χ3n) is 7.50. The average molecular weight is 498 g/mol. The normalized spacial score (nSPS) is 31.4. The van der Waals surface area contributed by atoms with Crippen LogP contribution < -0.4 is 5.73 Å². The van der Waals surface area contributed by atoms with Crippen molar-refractivity contribution in [2.75, 3.05) is 0 Å². The van der Waals surface area contributed by atoms with Crippen LogP contribution in [-0.2, 0) is 20.7 Å². The van der Waals surface area contributed by atoms with E-state index in [1.54, 1.807) is 19.1 Å². The second-order valence-corrected chi connectivity index (χ2v) is 9.80. The van der Waals surface area contributed by atoms with Crippen LogP contribution in [0.3, 0.4) is 0 Å². The summed E-state index contributed by atoms with van der Waals surface area (Å²) in [4.78, 5) is 39.0. The maximum atomic E-state index is 13.3. The van der Waals surface area contributed by atoms with Crippen molar-refractivity contribution in [1.82, 2.24) is 0 Å². The van der Waals surface area contributed by atoms with Crippen molar-refractivity contribution in [3.05, 3.63) is 57.6 Å². The largest absolute Gasteiger partial charge is 0.507 e. The highest BCUT2D eigenvalue weighted by Gasteiger charge is 2.49. The van der Waals surface area contributed by atoms with E-state index in [0.717, 1.165) is 0 Å². The number of phenols is 2. The highest BCUT2D eigenvalue weighted by atomic mass is 16.7. The fraction of sp³-hybridized carbons (Fsp3) is 0.423. The number of ether oxygens (including phenoxy) is 2. The Kier molecular flexibility index (Phi) is 5.77. The number of hydrogen-bond donors (Lipinski definition) is 5. The Balaban J connectivity index is 1.66. The average Bonchev–Trinajstić information content (AvgIpc) is 2.82. The number of carbonyl (C=O) groups is 3. The van der Waals surface area contributed by atoms with Crippen molar-refractivity contribution in [1.29, 1.82) is 0 Å². The van der Waals surface area contributed by atoms with E-state index in [-0.39, 0.29) is 46.2 Å². The van der Waals surface area contributed by atoms with Gasteiger partial charge in [-0.3, -0.25) is 14.4 Å². The lowest BCUT2D eigenvalue weighted by Gasteiger charge is -2.42. The number of nitrogens with two attached hydrogens (primary N) is 1. The summed E-state index contributed by atoms with van der Waals surface area (Å²) >= 11 is 0. The minimum absolute atomic E-state index is 0.00588. The molecule has 0 amide bonds. The Bertz CT molecular complexity index is 1290. The molecule has 0 aromatic heterocycles.